The molecule has 5 nitrogen and oxygen atoms in total. The van der Waals surface area contributed by atoms with Crippen molar-refractivity contribution in [3.63, 3.8) is 0 Å². The summed E-state index contributed by atoms with van der Waals surface area (Å²) in [5, 5.41) is 15.4. The van der Waals surface area contributed by atoms with E-state index in [1.54, 1.807) is 6.07 Å². The summed E-state index contributed by atoms with van der Waals surface area (Å²) in [4.78, 5) is 17.6. The molecule has 28 heavy (non-hydrogen) atoms. The monoisotopic (exact) mass is 386 g/mol. The normalized spacial score (nSPS) is 10.1. The van der Waals surface area contributed by atoms with Gasteiger partial charge in [0.05, 0.1) is 16.0 Å². The third-order valence-electron chi connectivity index (χ3n) is 4.31. The lowest BCUT2D eigenvalue weighted by atomic mass is 9.96. The maximum absolute atomic E-state index is 12.5. The summed E-state index contributed by atoms with van der Waals surface area (Å²) >= 11 is 1.35. The van der Waals surface area contributed by atoms with Crippen molar-refractivity contribution in [3.8, 4) is 6.07 Å². The first kappa shape index (κ1) is 19.2. The van der Waals surface area contributed by atoms with Gasteiger partial charge >= 0.3 is 0 Å². The third kappa shape index (κ3) is 3.76. The highest BCUT2D eigenvalue weighted by Gasteiger charge is 2.18. The van der Waals surface area contributed by atoms with Gasteiger partial charge in [-0.1, -0.05) is 54.6 Å². The Labute approximate surface area is 166 Å². The van der Waals surface area contributed by atoms with Crippen molar-refractivity contribution in [1.29, 1.82) is 5.26 Å². The smallest absolute Gasteiger partial charge is 0.266 e. The zero-order valence-corrected chi connectivity index (χ0v) is 15.9. The number of rotatable bonds is 4. The van der Waals surface area contributed by atoms with E-state index in [1.807, 2.05) is 66.0 Å². The van der Waals surface area contributed by atoms with E-state index in [-0.39, 0.29) is 12.1 Å². The molecular weight excluding hydrogens is 368 g/mol. The molecular formula is C22H18N4OS. The number of nitrogens with one attached hydrogen (secondary N) is 1. The summed E-state index contributed by atoms with van der Waals surface area (Å²) in [6, 6.07) is 23.5. The van der Waals surface area contributed by atoms with Gasteiger partial charge in [0.25, 0.3) is 5.91 Å². The minimum Gasteiger partial charge on any atom is -0.344 e. The first-order chi connectivity index (χ1) is 13.3. The van der Waals surface area contributed by atoms with Crippen molar-refractivity contribution < 1.29 is 4.79 Å². The predicted molar refractivity (Wildman–Crippen MR) is 113 cm³/mol. The standard InChI is InChI=1S/C22H15N3OS.H3N/c23-14-18-17(13-15-7-2-1-3-8-15)16-9-4-5-10-19(16)24-21(18)25-22(26)20-11-6-12-27-20;/h1-12H,13H2,(H,24,25,26);1H3. The lowest BCUT2D eigenvalue weighted by Crippen LogP contribution is -2.14. The molecule has 2 aromatic heterocycles. The molecule has 4 N–H and O–H groups in total. The van der Waals surface area contributed by atoms with Gasteiger partial charge in [-0.3, -0.25) is 4.79 Å². The SMILES string of the molecule is N.N#Cc1c(NC(=O)c2cccs2)nc2ccccc2c1Cc1ccccc1. The number of aromatic nitrogens is 1. The molecule has 0 atom stereocenters. The lowest BCUT2D eigenvalue weighted by Gasteiger charge is -2.13. The van der Waals surface area contributed by atoms with Crippen LogP contribution < -0.4 is 11.5 Å². The number of fused-ring (bicyclic) bond motifs is 1. The van der Waals surface area contributed by atoms with E-state index in [0.29, 0.717) is 22.7 Å². The van der Waals surface area contributed by atoms with Gasteiger partial charge < -0.3 is 11.5 Å². The summed E-state index contributed by atoms with van der Waals surface area (Å²) in [6.07, 6.45) is 0.592. The predicted octanol–water partition coefficient (Wildman–Crippen LogP) is 5.17. The lowest BCUT2D eigenvalue weighted by molar-refractivity contribution is 0.103. The van der Waals surface area contributed by atoms with Crippen LogP contribution in [0.1, 0.15) is 26.4 Å². The Morgan fingerprint density at radius 3 is 2.50 bits per heavy atom. The van der Waals surface area contributed by atoms with Gasteiger partial charge in [0.1, 0.15) is 6.07 Å². The number of para-hydroxylation sites is 1. The van der Waals surface area contributed by atoms with Crippen molar-refractivity contribution in [2.45, 2.75) is 6.42 Å². The van der Waals surface area contributed by atoms with Gasteiger partial charge in [0.15, 0.2) is 5.82 Å². The Balaban J connectivity index is 0.00000225. The van der Waals surface area contributed by atoms with E-state index in [0.717, 1.165) is 22.0 Å². The number of nitrogens with zero attached hydrogens (tertiary/aromatic N) is 2. The minimum atomic E-state index is -0.255. The van der Waals surface area contributed by atoms with Crippen LogP contribution in [-0.2, 0) is 6.42 Å². The number of amides is 1. The molecule has 0 unspecified atom stereocenters. The molecule has 138 valence electrons. The molecule has 1 amide bonds. The summed E-state index contributed by atoms with van der Waals surface area (Å²) in [5.74, 6) is 0.0514. The van der Waals surface area contributed by atoms with E-state index < -0.39 is 0 Å². The van der Waals surface area contributed by atoms with E-state index in [2.05, 4.69) is 16.4 Å². The molecule has 0 aliphatic carbocycles. The summed E-state index contributed by atoms with van der Waals surface area (Å²) in [7, 11) is 0. The molecule has 0 bridgehead atoms. The first-order valence-corrected chi connectivity index (χ1v) is 9.34. The highest BCUT2D eigenvalue weighted by molar-refractivity contribution is 7.12. The van der Waals surface area contributed by atoms with Crippen LogP contribution in [0.2, 0.25) is 0 Å². The Morgan fingerprint density at radius 1 is 1.04 bits per heavy atom. The van der Waals surface area contributed by atoms with Crippen LogP contribution in [-0.4, -0.2) is 10.9 Å². The number of pyridine rings is 1. The van der Waals surface area contributed by atoms with Crippen LogP contribution in [0.3, 0.4) is 0 Å². The molecule has 0 radical (unpaired) electrons. The first-order valence-electron chi connectivity index (χ1n) is 8.47. The van der Waals surface area contributed by atoms with Crippen LogP contribution >= 0.6 is 11.3 Å². The molecule has 0 aliphatic heterocycles. The number of anilines is 1. The number of hydrogen-bond acceptors (Lipinski definition) is 5. The van der Waals surface area contributed by atoms with Crippen LogP contribution in [0.25, 0.3) is 10.9 Å². The van der Waals surface area contributed by atoms with Crippen molar-refractivity contribution in [3.05, 3.63) is 93.7 Å². The van der Waals surface area contributed by atoms with E-state index in [4.69, 9.17) is 0 Å². The zero-order valence-electron chi connectivity index (χ0n) is 15.1. The summed E-state index contributed by atoms with van der Waals surface area (Å²) < 4.78 is 0. The highest BCUT2D eigenvalue weighted by atomic mass is 32.1. The molecule has 6 heteroatoms. The second-order valence-electron chi connectivity index (χ2n) is 6.04. The largest absolute Gasteiger partial charge is 0.344 e. The minimum absolute atomic E-state index is 0. The Hall–Kier alpha value is -3.53. The van der Waals surface area contributed by atoms with Crippen molar-refractivity contribution in [1.82, 2.24) is 11.1 Å². The number of hydrogen-bond donors (Lipinski definition) is 2. The van der Waals surface area contributed by atoms with Crippen molar-refractivity contribution >= 4 is 34.0 Å². The molecule has 0 spiro atoms. The summed E-state index contributed by atoms with van der Waals surface area (Å²) in [6.45, 7) is 0. The van der Waals surface area contributed by atoms with Crippen LogP contribution in [0.5, 0.6) is 0 Å². The Morgan fingerprint density at radius 2 is 1.79 bits per heavy atom. The fraction of sp³-hybridized carbons (Fsp3) is 0.0455. The third-order valence-corrected chi connectivity index (χ3v) is 5.18. The zero-order chi connectivity index (χ0) is 18.6. The van der Waals surface area contributed by atoms with Gasteiger partial charge in [-0.2, -0.15) is 5.26 Å². The average Bonchev–Trinajstić information content (AvgIpc) is 3.24. The number of benzene rings is 2. The molecule has 2 aromatic carbocycles. The number of thiophene rings is 1. The second-order valence-corrected chi connectivity index (χ2v) is 6.98. The average molecular weight is 386 g/mol. The van der Waals surface area contributed by atoms with Crippen molar-refractivity contribution in [2.24, 2.45) is 0 Å². The molecule has 2 heterocycles. The van der Waals surface area contributed by atoms with Crippen molar-refractivity contribution in [2.75, 3.05) is 5.32 Å². The molecule has 0 aliphatic rings. The maximum Gasteiger partial charge on any atom is 0.266 e. The van der Waals surface area contributed by atoms with Crippen LogP contribution in [0.4, 0.5) is 5.82 Å². The van der Waals surface area contributed by atoms with Gasteiger partial charge in [-0.15, -0.1) is 11.3 Å². The van der Waals surface area contributed by atoms with Crippen LogP contribution in [0, 0.1) is 11.3 Å². The molecule has 0 fully saturated rings. The number of nitriles is 1. The Kier molecular flexibility index (Phi) is 5.80. The quantitative estimate of drug-likeness (QED) is 0.505. The number of carbonyl (C=O) groups is 1. The highest BCUT2D eigenvalue weighted by Crippen LogP contribution is 2.29. The maximum atomic E-state index is 12.5. The Bertz CT molecular complexity index is 1150. The summed E-state index contributed by atoms with van der Waals surface area (Å²) in [5.41, 5.74) is 3.13. The molecule has 4 rings (SSSR count). The van der Waals surface area contributed by atoms with Crippen LogP contribution in [0.15, 0.2) is 72.1 Å². The van der Waals surface area contributed by atoms with E-state index in [1.165, 1.54) is 11.3 Å². The molecule has 0 saturated carbocycles. The molecule has 4 aromatic rings. The topological polar surface area (TPSA) is 101 Å². The number of carbonyl (C=O) groups excluding carboxylic acids is 1. The second kappa shape index (κ2) is 8.44. The van der Waals surface area contributed by atoms with Gasteiger partial charge in [-0.25, -0.2) is 4.98 Å². The van der Waals surface area contributed by atoms with Gasteiger partial charge in [-0.05, 0) is 35.1 Å². The van der Waals surface area contributed by atoms with Gasteiger partial charge in [0, 0.05) is 5.39 Å². The van der Waals surface area contributed by atoms with E-state index >= 15 is 0 Å². The fourth-order valence-electron chi connectivity index (χ4n) is 3.05. The fourth-order valence-corrected chi connectivity index (χ4v) is 3.67. The molecule has 0 saturated heterocycles. The van der Waals surface area contributed by atoms with Gasteiger partial charge in [0.2, 0.25) is 0 Å². The van der Waals surface area contributed by atoms with E-state index in [9.17, 15) is 10.1 Å².